The number of carbonyl (C=O) groups excluding carboxylic acids is 1. The van der Waals surface area contributed by atoms with Crippen LogP contribution < -0.4 is 15.0 Å². The second-order valence-electron chi connectivity index (χ2n) is 7.50. The van der Waals surface area contributed by atoms with Gasteiger partial charge < -0.3 is 15.0 Å². The Bertz CT molecular complexity index is 737. The first kappa shape index (κ1) is 20.8. The Labute approximate surface area is 163 Å². The van der Waals surface area contributed by atoms with E-state index in [0.717, 1.165) is 29.7 Å². The van der Waals surface area contributed by atoms with E-state index < -0.39 is 0 Å². The number of nitrogens with zero attached hydrogens (tertiary/aromatic N) is 1. The van der Waals surface area contributed by atoms with Gasteiger partial charge in [-0.1, -0.05) is 38.1 Å². The van der Waals surface area contributed by atoms with E-state index in [-0.39, 0.29) is 12.5 Å². The van der Waals surface area contributed by atoms with Crippen LogP contribution in [-0.4, -0.2) is 33.2 Å². The van der Waals surface area contributed by atoms with Crippen LogP contribution in [0.5, 0.6) is 5.75 Å². The lowest BCUT2D eigenvalue weighted by atomic mass is 10.0. The first-order valence-electron chi connectivity index (χ1n) is 9.63. The van der Waals surface area contributed by atoms with Gasteiger partial charge in [-0.15, -0.1) is 0 Å². The van der Waals surface area contributed by atoms with E-state index in [9.17, 15) is 4.79 Å². The van der Waals surface area contributed by atoms with E-state index in [4.69, 9.17) is 4.74 Å². The SMILES string of the molecule is Cc1ccc(C(C)C)c(OCC(=O)NCCCc2ccc(N(C)C)cc2)c1. The topological polar surface area (TPSA) is 41.6 Å². The van der Waals surface area contributed by atoms with Crippen molar-refractivity contribution in [2.45, 2.75) is 39.5 Å². The van der Waals surface area contributed by atoms with E-state index >= 15 is 0 Å². The van der Waals surface area contributed by atoms with Crippen molar-refractivity contribution in [1.29, 1.82) is 0 Å². The molecule has 0 spiro atoms. The molecule has 0 aliphatic carbocycles. The molecule has 0 saturated carbocycles. The molecule has 0 saturated heterocycles. The summed E-state index contributed by atoms with van der Waals surface area (Å²) in [7, 11) is 4.07. The van der Waals surface area contributed by atoms with E-state index in [1.807, 2.05) is 27.1 Å². The van der Waals surface area contributed by atoms with Crippen LogP contribution in [0.15, 0.2) is 42.5 Å². The monoisotopic (exact) mass is 368 g/mol. The van der Waals surface area contributed by atoms with E-state index in [2.05, 4.69) is 60.5 Å². The third kappa shape index (κ3) is 6.63. The maximum absolute atomic E-state index is 12.1. The largest absolute Gasteiger partial charge is 0.483 e. The number of anilines is 1. The highest BCUT2D eigenvalue weighted by Gasteiger charge is 2.10. The number of nitrogens with one attached hydrogen (secondary N) is 1. The standard InChI is InChI=1S/C23H32N2O2/c1-17(2)21-13-8-18(3)15-22(21)27-16-23(26)24-14-6-7-19-9-11-20(12-10-19)25(4)5/h8-13,15,17H,6-7,14,16H2,1-5H3,(H,24,26). The summed E-state index contributed by atoms with van der Waals surface area (Å²) in [4.78, 5) is 14.2. The molecule has 0 aliphatic heterocycles. The van der Waals surface area contributed by atoms with Crippen LogP contribution in [0, 0.1) is 6.92 Å². The molecule has 4 heteroatoms. The van der Waals surface area contributed by atoms with E-state index in [1.165, 1.54) is 11.3 Å². The van der Waals surface area contributed by atoms with Crippen molar-refractivity contribution in [3.05, 3.63) is 59.2 Å². The molecule has 0 aromatic heterocycles. The second-order valence-corrected chi connectivity index (χ2v) is 7.50. The Morgan fingerprint density at radius 1 is 1.11 bits per heavy atom. The van der Waals surface area contributed by atoms with Gasteiger partial charge in [0.2, 0.25) is 0 Å². The van der Waals surface area contributed by atoms with Crippen LogP contribution in [-0.2, 0) is 11.2 Å². The van der Waals surface area contributed by atoms with Gasteiger partial charge in [0.1, 0.15) is 5.75 Å². The minimum atomic E-state index is -0.0748. The zero-order chi connectivity index (χ0) is 19.8. The molecule has 146 valence electrons. The second kappa shape index (κ2) is 10.0. The predicted octanol–water partition coefficient (Wildman–Crippen LogP) is 4.31. The van der Waals surface area contributed by atoms with Crippen molar-refractivity contribution < 1.29 is 9.53 Å². The van der Waals surface area contributed by atoms with Gasteiger partial charge in [0, 0.05) is 26.3 Å². The Balaban J connectivity index is 1.73. The summed E-state index contributed by atoms with van der Waals surface area (Å²) < 4.78 is 5.78. The summed E-state index contributed by atoms with van der Waals surface area (Å²) in [5, 5.41) is 2.94. The van der Waals surface area contributed by atoms with Crippen molar-refractivity contribution >= 4 is 11.6 Å². The fourth-order valence-electron chi connectivity index (χ4n) is 2.92. The quantitative estimate of drug-likeness (QED) is 0.671. The molecular weight excluding hydrogens is 336 g/mol. The third-order valence-electron chi connectivity index (χ3n) is 4.57. The van der Waals surface area contributed by atoms with Gasteiger partial charge in [0.05, 0.1) is 0 Å². The Hall–Kier alpha value is -2.49. The fourth-order valence-corrected chi connectivity index (χ4v) is 2.92. The number of rotatable bonds is 9. The molecule has 0 bridgehead atoms. The summed E-state index contributed by atoms with van der Waals surface area (Å²) in [5.74, 6) is 1.10. The molecule has 2 aromatic carbocycles. The molecule has 4 nitrogen and oxygen atoms in total. The zero-order valence-electron chi connectivity index (χ0n) is 17.2. The Morgan fingerprint density at radius 2 is 1.81 bits per heavy atom. The van der Waals surface area contributed by atoms with E-state index in [0.29, 0.717) is 12.5 Å². The zero-order valence-corrected chi connectivity index (χ0v) is 17.2. The molecule has 1 N–H and O–H groups in total. The molecule has 0 aliphatic rings. The Morgan fingerprint density at radius 3 is 2.44 bits per heavy atom. The normalized spacial score (nSPS) is 10.7. The number of carbonyl (C=O) groups is 1. The van der Waals surface area contributed by atoms with Crippen molar-refractivity contribution in [2.75, 3.05) is 32.1 Å². The number of hydrogen-bond donors (Lipinski definition) is 1. The van der Waals surface area contributed by atoms with Crippen LogP contribution in [0.25, 0.3) is 0 Å². The average Bonchev–Trinajstić information content (AvgIpc) is 2.63. The molecule has 0 fully saturated rings. The summed E-state index contributed by atoms with van der Waals surface area (Å²) in [6, 6.07) is 14.7. The maximum atomic E-state index is 12.1. The smallest absolute Gasteiger partial charge is 0.257 e. The van der Waals surface area contributed by atoms with Crippen molar-refractivity contribution in [3.63, 3.8) is 0 Å². The number of amides is 1. The van der Waals surface area contributed by atoms with Crippen LogP contribution in [0.4, 0.5) is 5.69 Å². The fraction of sp³-hybridized carbons (Fsp3) is 0.435. The van der Waals surface area contributed by atoms with Crippen molar-refractivity contribution in [2.24, 2.45) is 0 Å². The van der Waals surface area contributed by atoms with E-state index in [1.54, 1.807) is 0 Å². The molecule has 2 rings (SSSR count). The molecule has 0 heterocycles. The minimum Gasteiger partial charge on any atom is -0.483 e. The molecular formula is C23H32N2O2. The molecule has 1 amide bonds. The first-order chi connectivity index (χ1) is 12.9. The third-order valence-corrected chi connectivity index (χ3v) is 4.57. The average molecular weight is 369 g/mol. The summed E-state index contributed by atoms with van der Waals surface area (Å²) in [6.45, 7) is 7.00. The lowest BCUT2D eigenvalue weighted by Crippen LogP contribution is -2.30. The van der Waals surface area contributed by atoms with Gasteiger partial charge in [-0.05, 0) is 60.6 Å². The van der Waals surface area contributed by atoms with Gasteiger partial charge in [-0.3, -0.25) is 4.79 Å². The van der Waals surface area contributed by atoms with Crippen LogP contribution in [0.3, 0.4) is 0 Å². The molecule has 0 unspecified atom stereocenters. The molecule has 0 atom stereocenters. The first-order valence-corrected chi connectivity index (χ1v) is 9.63. The maximum Gasteiger partial charge on any atom is 0.257 e. The number of benzene rings is 2. The summed E-state index contributed by atoms with van der Waals surface area (Å²) >= 11 is 0. The highest BCUT2D eigenvalue weighted by molar-refractivity contribution is 5.77. The lowest BCUT2D eigenvalue weighted by Gasteiger charge is -2.15. The number of hydrogen-bond acceptors (Lipinski definition) is 3. The summed E-state index contributed by atoms with van der Waals surface area (Å²) in [5.41, 5.74) is 4.75. The number of aryl methyl sites for hydroxylation is 2. The minimum absolute atomic E-state index is 0.0563. The van der Waals surface area contributed by atoms with Gasteiger partial charge in [0.25, 0.3) is 5.91 Å². The van der Waals surface area contributed by atoms with Gasteiger partial charge in [-0.25, -0.2) is 0 Å². The van der Waals surface area contributed by atoms with Crippen LogP contribution in [0.2, 0.25) is 0 Å². The molecule has 0 radical (unpaired) electrons. The van der Waals surface area contributed by atoms with Gasteiger partial charge in [0.15, 0.2) is 6.61 Å². The lowest BCUT2D eigenvalue weighted by molar-refractivity contribution is -0.123. The number of ether oxygens (including phenoxy) is 1. The molecule has 27 heavy (non-hydrogen) atoms. The van der Waals surface area contributed by atoms with Gasteiger partial charge in [-0.2, -0.15) is 0 Å². The highest BCUT2D eigenvalue weighted by Crippen LogP contribution is 2.27. The Kier molecular flexibility index (Phi) is 7.71. The summed E-state index contributed by atoms with van der Waals surface area (Å²) in [6.07, 6.45) is 1.86. The molecule has 2 aromatic rings. The van der Waals surface area contributed by atoms with Crippen LogP contribution >= 0.6 is 0 Å². The predicted molar refractivity (Wildman–Crippen MR) is 113 cm³/mol. The van der Waals surface area contributed by atoms with Crippen molar-refractivity contribution in [1.82, 2.24) is 5.32 Å². The highest BCUT2D eigenvalue weighted by atomic mass is 16.5. The van der Waals surface area contributed by atoms with Crippen molar-refractivity contribution in [3.8, 4) is 5.75 Å². The van der Waals surface area contributed by atoms with Crippen LogP contribution in [0.1, 0.15) is 42.9 Å². The van der Waals surface area contributed by atoms with Gasteiger partial charge >= 0.3 is 0 Å².